The molecule has 106 valence electrons. The Labute approximate surface area is 126 Å². The predicted octanol–water partition coefficient (Wildman–Crippen LogP) is 4.85. The molecule has 0 aliphatic heterocycles. The van der Waals surface area contributed by atoms with Crippen LogP contribution in [0, 0.1) is 0 Å². The minimum absolute atomic E-state index is 0.735. The molecule has 2 nitrogen and oxygen atoms in total. The van der Waals surface area contributed by atoms with Crippen LogP contribution in [0.3, 0.4) is 0 Å². The molecule has 0 bridgehead atoms. The minimum atomic E-state index is 0.735. The van der Waals surface area contributed by atoms with E-state index in [1.54, 1.807) is 0 Å². The van der Waals surface area contributed by atoms with E-state index in [4.69, 9.17) is 5.73 Å². The van der Waals surface area contributed by atoms with E-state index >= 15 is 0 Å². The first-order valence-corrected chi connectivity index (χ1v) is 6.83. The number of rotatable bonds is 5. The van der Waals surface area contributed by atoms with Crippen LogP contribution >= 0.6 is 0 Å². The number of anilines is 2. The normalized spacial score (nSPS) is 11.5. The highest BCUT2D eigenvalue weighted by Crippen LogP contribution is 2.28. The van der Waals surface area contributed by atoms with E-state index in [1.165, 1.54) is 0 Å². The molecule has 0 radical (unpaired) electrons. The fourth-order valence-electron chi connectivity index (χ4n) is 2.16. The van der Waals surface area contributed by atoms with Gasteiger partial charge in [-0.3, -0.25) is 0 Å². The van der Waals surface area contributed by atoms with Crippen LogP contribution in [0.4, 0.5) is 11.4 Å². The van der Waals surface area contributed by atoms with Crippen LogP contribution in [0.15, 0.2) is 85.1 Å². The van der Waals surface area contributed by atoms with Gasteiger partial charge < -0.3 is 11.1 Å². The second-order valence-electron chi connectivity index (χ2n) is 4.80. The average Bonchev–Trinajstić information content (AvgIpc) is 2.50. The molecule has 0 fully saturated rings. The summed E-state index contributed by atoms with van der Waals surface area (Å²) in [6.45, 7) is 10.0. The van der Waals surface area contributed by atoms with Crippen LogP contribution in [0.5, 0.6) is 0 Å². The van der Waals surface area contributed by atoms with Crippen molar-refractivity contribution in [2.45, 2.75) is 6.92 Å². The van der Waals surface area contributed by atoms with Gasteiger partial charge in [0.2, 0.25) is 0 Å². The van der Waals surface area contributed by atoms with Crippen molar-refractivity contribution in [3.63, 3.8) is 0 Å². The van der Waals surface area contributed by atoms with E-state index in [0.717, 1.165) is 33.8 Å². The molecular formula is C19H20N2. The second-order valence-corrected chi connectivity index (χ2v) is 4.80. The lowest BCUT2D eigenvalue weighted by molar-refractivity contribution is 1.36. The van der Waals surface area contributed by atoms with Gasteiger partial charge in [-0.25, -0.2) is 0 Å². The van der Waals surface area contributed by atoms with Crippen molar-refractivity contribution in [2.75, 3.05) is 11.1 Å². The standard InChI is InChI=1S/C19H20N2/c1-4-17(18-12-8-9-13-19(18)20)14(2)15(3)21-16-10-6-5-7-11-16/h4-13,21H,1,3,20H2,2H3/b17-14-. The molecule has 2 aromatic rings. The smallest absolute Gasteiger partial charge is 0.0393 e. The van der Waals surface area contributed by atoms with E-state index in [1.807, 2.05) is 67.6 Å². The number of nitrogen functional groups attached to an aromatic ring is 1. The van der Waals surface area contributed by atoms with Crippen LogP contribution in [-0.4, -0.2) is 0 Å². The molecule has 0 saturated carbocycles. The highest BCUT2D eigenvalue weighted by atomic mass is 14.9. The molecule has 0 spiro atoms. The minimum Gasteiger partial charge on any atom is -0.398 e. The molecule has 0 heterocycles. The number of hydrogen-bond acceptors (Lipinski definition) is 2. The molecule has 2 rings (SSSR count). The topological polar surface area (TPSA) is 38.0 Å². The number of nitrogens with two attached hydrogens (primary N) is 1. The Balaban J connectivity index is 2.34. The molecule has 0 aliphatic carbocycles. The summed E-state index contributed by atoms with van der Waals surface area (Å²) in [6.07, 6.45) is 1.82. The highest BCUT2D eigenvalue weighted by Gasteiger charge is 2.08. The molecule has 0 aliphatic rings. The Kier molecular flexibility index (Phi) is 4.62. The van der Waals surface area contributed by atoms with Crippen molar-refractivity contribution < 1.29 is 0 Å². The fourth-order valence-corrected chi connectivity index (χ4v) is 2.16. The lowest BCUT2D eigenvalue weighted by Gasteiger charge is -2.15. The maximum Gasteiger partial charge on any atom is 0.0393 e. The van der Waals surface area contributed by atoms with Gasteiger partial charge in [-0.15, -0.1) is 0 Å². The first kappa shape index (κ1) is 14.7. The summed E-state index contributed by atoms with van der Waals surface area (Å²) in [5.74, 6) is 0. The van der Waals surface area contributed by atoms with Crippen LogP contribution < -0.4 is 11.1 Å². The zero-order valence-corrected chi connectivity index (χ0v) is 12.3. The summed E-state index contributed by atoms with van der Waals surface area (Å²) in [5.41, 5.74) is 11.6. The zero-order chi connectivity index (χ0) is 15.2. The van der Waals surface area contributed by atoms with Crippen molar-refractivity contribution in [3.05, 3.63) is 90.7 Å². The van der Waals surface area contributed by atoms with E-state index < -0.39 is 0 Å². The molecule has 0 amide bonds. The molecule has 2 heteroatoms. The van der Waals surface area contributed by atoms with Gasteiger partial charge in [-0.05, 0) is 36.3 Å². The van der Waals surface area contributed by atoms with E-state index in [0.29, 0.717) is 0 Å². The largest absolute Gasteiger partial charge is 0.398 e. The first-order chi connectivity index (χ1) is 10.1. The lowest BCUT2D eigenvalue weighted by Crippen LogP contribution is -2.02. The maximum absolute atomic E-state index is 6.06. The summed E-state index contributed by atoms with van der Waals surface area (Å²) < 4.78 is 0. The van der Waals surface area contributed by atoms with Gasteiger partial charge in [0.1, 0.15) is 0 Å². The van der Waals surface area contributed by atoms with Crippen LogP contribution in [0.2, 0.25) is 0 Å². The number of benzene rings is 2. The summed E-state index contributed by atoms with van der Waals surface area (Å²) in [5, 5.41) is 3.30. The number of nitrogens with one attached hydrogen (secondary N) is 1. The average molecular weight is 276 g/mol. The maximum atomic E-state index is 6.06. The Morgan fingerprint density at radius 3 is 2.29 bits per heavy atom. The van der Waals surface area contributed by atoms with Crippen molar-refractivity contribution in [2.24, 2.45) is 0 Å². The SMILES string of the molecule is C=C/C(=C(\C)C(=C)Nc1ccccc1)c1ccccc1N. The summed E-state index contributed by atoms with van der Waals surface area (Å²) >= 11 is 0. The molecule has 3 N–H and O–H groups in total. The Bertz CT molecular complexity index is 682. The van der Waals surface area contributed by atoms with Crippen LogP contribution in [0.1, 0.15) is 12.5 Å². The molecule has 0 unspecified atom stereocenters. The number of para-hydroxylation sites is 2. The van der Waals surface area contributed by atoms with E-state index in [-0.39, 0.29) is 0 Å². The number of hydrogen-bond donors (Lipinski definition) is 2. The second kappa shape index (κ2) is 6.62. The van der Waals surface area contributed by atoms with Crippen LogP contribution in [0.25, 0.3) is 5.57 Å². The third-order valence-electron chi connectivity index (χ3n) is 3.38. The number of allylic oxidation sites excluding steroid dienone is 3. The van der Waals surface area contributed by atoms with Gasteiger partial charge in [0, 0.05) is 22.6 Å². The van der Waals surface area contributed by atoms with Gasteiger partial charge in [0.05, 0.1) is 0 Å². The monoisotopic (exact) mass is 276 g/mol. The molecule has 21 heavy (non-hydrogen) atoms. The van der Waals surface area contributed by atoms with Gasteiger partial charge in [-0.2, -0.15) is 0 Å². The van der Waals surface area contributed by atoms with Gasteiger partial charge in [0.25, 0.3) is 0 Å². The molecule has 0 saturated heterocycles. The molecular weight excluding hydrogens is 256 g/mol. The lowest BCUT2D eigenvalue weighted by atomic mass is 9.97. The summed E-state index contributed by atoms with van der Waals surface area (Å²) in [7, 11) is 0. The van der Waals surface area contributed by atoms with Crippen molar-refractivity contribution >= 4 is 16.9 Å². The first-order valence-electron chi connectivity index (χ1n) is 6.83. The van der Waals surface area contributed by atoms with Crippen molar-refractivity contribution in [3.8, 4) is 0 Å². The summed E-state index contributed by atoms with van der Waals surface area (Å²) in [6, 6.07) is 17.7. The Morgan fingerprint density at radius 1 is 1.05 bits per heavy atom. The Hall–Kier alpha value is -2.74. The third-order valence-corrected chi connectivity index (χ3v) is 3.38. The highest BCUT2D eigenvalue weighted by molar-refractivity contribution is 5.85. The van der Waals surface area contributed by atoms with E-state index in [9.17, 15) is 0 Å². The van der Waals surface area contributed by atoms with E-state index in [2.05, 4.69) is 18.5 Å². The Morgan fingerprint density at radius 2 is 1.67 bits per heavy atom. The zero-order valence-electron chi connectivity index (χ0n) is 12.3. The van der Waals surface area contributed by atoms with Crippen molar-refractivity contribution in [1.82, 2.24) is 0 Å². The van der Waals surface area contributed by atoms with Crippen LogP contribution in [-0.2, 0) is 0 Å². The molecule has 0 aromatic heterocycles. The van der Waals surface area contributed by atoms with Gasteiger partial charge in [0.15, 0.2) is 0 Å². The third kappa shape index (κ3) is 3.42. The van der Waals surface area contributed by atoms with Gasteiger partial charge in [-0.1, -0.05) is 55.6 Å². The summed E-state index contributed by atoms with van der Waals surface area (Å²) in [4.78, 5) is 0. The predicted molar refractivity (Wildman–Crippen MR) is 92.9 cm³/mol. The fraction of sp³-hybridized carbons (Fsp3) is 0.0526. The molecule has 0 atom stereocenters. The molecule has 2 aromatic carbocycles. The quantitative estimate of drug-likeness (QED) is 0.605. The van der Waals surface area contributed by atoms with Gasteiger partial charge >= 0.3 is 0 Å². The van der Waals surface area contributed by atoms with Crippen molar-refractivity contribution in [1.29, 1.82) is 0 Å².